The quantitative estimate of drug-likeness (QED) is 0.670. The van der Waals surface area contributed by atoms with Crippen molar-refractivity contribution >= 4 is 12.0 Å². The maximum Gasteiger partial charge on any atom is 0.262 e. The number of benzene rings is 1. The van der Waals surface area contributed by atoms with E-state index in [9.17, 15) is 9.90 Å². The number of nitrogens with zero attached hydrogens (tertiary/aromatic N) is 1. The van der Waals surface area contributed by atoms with Crippen molar-refractivity contribution in [1.82, 2.24) is 5.32 Å². The Morgan fingerprint density at radius 1 is 1.41 bits per heavy atom. The molecule has 1 amide bonds. The van der Waals surface area contributed by atoms with Crippen LogP contribution in [0.15, 0.2) is 46.4 Å². The summed E-state index contributed by atoms with van der Waals surface area (Å²) in [5, 5.41) is 21.3. The van der Waals surface area contributed by atoms with Gasteiger partial charge in [0.1, 0.15) is 28.9 Å². The average molecular weight is 296 g/mol. The molecule has 22 heavy (non-hydrogen) atoms. The predicted octanol–water partition coefficient (Wildman–Crippen LogP) is 3.08. The molecule has 0 saturated heterocycles. The van der Waals surface area contributed by atoms with E-state index in [1.165, 1.54) is 18.2 Å². The fraction of sp³-hybridized carbons (Fsp3) is 0.176. The van der Waals surface area contributed by atoms with Crippen molar-refractivity contribution in [2.45, 2.75) is 19.9 Å². The van der Waals surface area contributed by atoms with Crippen molar-refractivity contribution in [3.05, 3.63) is 59.1 Å². The Labute approximate surface area is 128 Å². The molecule has 0 radical (unpaired) electrons. The molecular weight excluding hydrogens is 280 g/mol. The van der Waals surface area contributed by atoms with Gasteiger partial charge in [0.25, 0.3) is 5.91 Å². The minimum atomic E-state index is -0.493. The van der Waals surface area contributed by atoms with Crippen molar-refractivity contribution in [3.8, 4) is 11.8 Å². The number of hydrogen-bond acceptors (Lipinski definition) is 4. The van der Waals surface area contributed by atoms with Crippen molar-refractivity contribution in [1.29, 1.82) is 5.26 Å². The number of phenols is 1. The molecule has 1 heterocycles. The number of nitriles is 1. The number of carbonyl (C=O) groups is 1. The first-order valence-corrected chi connectivity index (χ1v) is 6.77. The van der Waals surface area contributed by atoms with Crippen molar-refractivity contribution in [3.63, 3.8) is 0 Å². The van der Waals surface area contributed by atoms with Gasteiger partial charge in [0.15, 0.2) is 0 Å². The number of hydrogen-bond donors (Lipinski definition) is 2. The smallest absolute Gasteiger partial charge is 0.262 e. The Kier molecular flexibility index (Phi) is 4.64. The Bertz CT molecular complexity index is 753. The number of phenolic OH excluding ortho intramolecular Hbond substituents is 1. The van der Waals surface area contributed by atoms with Gasteiger partial charge >= 0.3 is 0 Å². The highest BCUT2D eigenvalue weighted by molar-refractivity contribution is 6.01. The molecular formula is C17H16N2O3. The standard InChI is InChI=1S/C17H16N2O3/c1-11-6-7-16(22-11)12(2)19-17(21)14(10-18)8-13-4-3-5-15(20)9-13/h3-9,12,20H,1-2H3,(H,19,21)/b14-8+. The molecule has 2 N–H and O–H groups in total. The third-order valence-corrected chi connectivity index (χ3v) is 3.08. The van der Waals surface area contributed by atoms with E-state index in [4.69, 9.17) is 9.68 Å². The minimum absolute atomic E-state index is 0.0410. The van der Waals surface area contributed by atoms with Crippen LogP contribution in [0.4, 0.5) is 0 Å². The predicted molar refractivity (Wildman–Crippen MR) is 81.7 cm³/mol. The molecule has 0 fully saturated rings. The number of aryl methyl sites for hydroxylation is 1. The van der Waals surface area contributed by atoms with Gasteiger partial charge in [-0.3, -0.25) is 4.79 Å². The molecule has 5 nitrogen and oxygen atoms in total. The molecule has 0 spiro atoms. The van der Waals surface area contributed by atoms with E-state index in [0.717, 1.165) is 5.76 Å². The summed E-state index contributed by atoms with van der Waals surface area (Å²) < 4.78 is 5.44. The van der Waals surface area contributed by atoms with Crippen molar-refractivity contribution < 1.29 is 14.3 Å². The average Bonchev–Trinajstić information content (AvgIpc) is 2.91. The van der Waals surface area contributed by atoms with E-state index in [0.29, 0.717) is 11.3 Å². The van der Waals surface area contributed by atoms with Gasteiger partial charge in [-0.15, -0.1) is 0 Å². The Balaban J connectivity index is 2.14. The zero-order chi connectivity index (χ0) is 16.1. The van der Waals surface area contributed by atoms with Crippen LogP contribution in [0.3, 0.4) is 0 Å². The van der Waals surface area contributed by atoms with Crippen LogP contribution >= 0.6 is 0 Å². The Morgan fingerprint density at radius 2 is 2.18 bits per heavy atom. The molecule has 0 saturated carbocycles. The van der Waals surface area contributed by atoms with Crippen LogP contribution in [0, 0.1) is 18.3 Å². The highest BCUT2D eigenvalue weighted by Crippen LogP contribution is 2.17. The number of rotatable bonds is 4. The fourth-order valence-corrected chi connectivity index (χ4v) is 1.96. The van der Waals surface area contributed by atoms with Gasteiger partial charge in [-0.25, -0.2) is 0 Å². The normalized spacial score (nSPS) is 12.5. The molecule has 2 rings (SSSR count). The molecule has 1 atom stereocenters. The highest BCUT2D eigenvalue weighted by atomic mass is 16.3. The number of carbonyl (C=O) groups excluding carboxylic acids is 1. The van der Waals surface area contributed by atoms with Gasteiger partial charge in [0, 0.05) is 0 Å². The van der Waals surface area contributed by atoms with E-state index in [1.54, 1.807) is 25.1 Å². The van der Waals surface area contributed by atoms with Crippen LogP contribution in [0.1, 0.15) is 30.0 Å². The second-order valence-corrected chi connectivity index (χ2v) is 4.91. The first kappa shape index (κ1) is 15.4. The van der Waals surface area contributed by atoms with Gasteiger partial charge in [-0.1, -0.05) is 12.1 Å². The summed E-state index contributed by atoms with van der Waals surface area (Å²) >= 11 is 0. The second-order valence-electron chi connectivity index (χ2n) is 4.91. The van der Waals surface area contributed by atoms with E-state index in [2.05, 4.69) is 5.32 Å². The lowest BCUT2D eigenvalue weighted by atomic mass is 10.1. The summed E-state index contributed by atoms with van der Waals surface area (Å²) in [7, 11) is 0. The van der Waals surface area contributed by atoms with Crippen molar-refractivity contribution in [2.24, 2.45) is 0 Å². The monoisotopic (exact) mass is 296 g/mol. The van der Waals surface area contributed by atoms with Gasteiger partial charge < -0.3 is 14.8 Å². The van der Waals surface area contributed by atoms with E-state index in [1.807, 2.05) is 19.1 Å². The Morgan fingerprint density at radius 3 is 2.77 bits per heavy atom. The molecule has 5 heteroatoms. The third-order valence-electron chi connectivity index (χ3n) is 3.08. The number of nitrogens with one attached hydrogen (secondary N) is 1. The Hall–Kier alpha value is -3.00. The van der Waals surface area contributed by atoms with Crippen LogP contribution in [0.2, 0.25) is 0 Å². The molecule has 0 aliphatic heterocycles. The summed E-state index contributed by atoms with van der Waals surface area (Å²) in [4.78, 5) is 12.1. The molecule has 112 valence electrons. The van der Waals surface area contributed by atoms with E-state index in [-0.39, 0.29) is 17.4 Å². The van der Waals surface area contributed by atoms with Gasteiger partial charge in [0.2, 0.25) is 0 Å². The molecule has 1 aromatic heterocycles. The van der Waals surface area contributed by atoms with E-state index >= 15 is 0 Å². The fourth-order valence-electron chi connectivity index (χ4n) is 1.96. The van der Waals surface area contributed by atoms with Gasteiger partial charge in [0.05, 0.1) is 6.04 Å². The van der Waals surface area contributed by atoms with Crippen LogP contribution in [-0.4, -0.2) is 11.0 Å². The van der Waals surface area contributed by atoms with Crippen LogP contribution in [0.5, 0.6) is 5.75 Å². The second kappa shape index (κ2) is 6.64. The molecule has 0 aliphatic rings. The maximum atomic E-state index is 12.1. The summed E-state index contributed by atoms with van der Waals surface area (Å²) in [5.41, 5.74) is 0.536. The first-order chi connectivity index (χ1) is 10.5. The van der Waals surface area contributed by atoms with Crippen molar-refractivity contribution in [2.75, 3.05) is 0 Å². The van der Waals surface area contributed by atoms with Crippen LogP contribution in [0.25, 0.3) is 6.08 Å². The van der Waals surface area contributed by atoms with Crippen LogP contribution in [-0.2, 0) is 4.79 Å². The zero-order valence-electron chi connectivity index (χ0n) is 12.3. The highest BCUT2D eigenvalue weighted by Gasteiger charge is 2.16. The number of aromatic hydroxyl groups is 1. The lowest BCUT2D eigenvalue weighted by molar-refractivity contribution is -0.117. The minimum Gasteiger partial charge on any atom is -0.508 e. The number of furan rings is 1. The van der Waals surface area contributed by atoms with Crippen LogP contribution < -0.4 is 5.32 Å². The summed E-state index contributed by atoms with van der Waals surface area (Å²) in [6, 6.07) is 11.5. The molecule has 0 bridgehead atoms. The summed E-state index contributed by atoms with van der Waals surface area (Å²) in [5.74, 6) is 0.964. The van der Waals surface area contributed by atoms with Gasteiger partial charge in [-0.05, 0) is 49.8 Å². The van der Waals surface area contributed by atoms with Gasteiger partial charge in [-0.2, -0.15) is 5.26 Å². The lowest BCUT2D eigenvalue weighted by Gasteiger charge is -2.10. The largest absolute Gasteiger partial charge is 0.508 e. The molecule has 2 aromatic rings. The maximum absolute atomic E-state index is 12.1. The summed E-state index contributed by atoms with van der Waals surface area (Å²) in [6.07, 6.45) is 1.43. The lowest BCUT2D eigenvalue weighted by Crippen LogP contribution is -2.27. The molecule has 0 aliphatic carbocycles. The third kappa shape index (κ3) is 3.76. The molecule has 1 aromatic carbocycles. The topological polar surface area (TPSA) is 86.3 Å². The van der Waals surface area contributed by atoms with E-state index < -0.39 is 5.91 Å². The summed E-state index contributed by atoms with van der Waals surface area (Å²) in [6.45, 7) is 3.60. The first-order valence-electron chi connectivity index (χ1n) is 6.77. The zero-order valence-corrected chi connectivity index (χ0v) is 12.3. The number of amides is 1. The SMILES string of the molecule is Cc1ccc(C(C)NC(=O)/C(C#N)=C/c2cccc(O)c2)o1. The molecule has 1 unspecified atom stereocenters.